The summed E-state index contributed by atoms with van der Waals surface area (Å²) in [6.07, 6.45) is 6.57. The van der Waals surface area contributed by atoms with Crippen LogP contribution in [-0.2, 0) is 39.9 Å². The standard InChI is InChI=1S/C35H44N2O11/c1-33-13-10-22(38)18-21(33)5-6-23-24(33)11-14-34(2)25(23)12-15-35(34,44)29(40)19-48-31(42)9-8-30(41)36-26(32(43)47-3)16-20-4-7-28(39)27(17-20)37(45)46/h4,7,17-18,23-26,39,44H,5-6,8-16,19H2,1-3H3,(H,36,41)/t23-,24+,25+,26-,33-,34-,35+/m0/s1. The van der Waals surface area contributed by atoms with Crippen LogP contribution >= 0.6 is 0 Å². The first-order chi connectivity index (χ1) is 22.6. The highest BCUT2D eigenvalue weighted by Gasteiger charge is 2.66. The number of phenols is 1. The van der Waals surface area contributed by atoms with Gasteiger partial charge in [0.05, 0.1) is 18.5 Å². The summed E-state index contributed by atoms with van der Waals surface area (Å²) in [5.41, 5.74) is -1.37. The third-order valence-electron chi connectivity index (χ3n) is 12.0. The summed E-state index contributed by atoms with van der Waals surface area (Å²) in [5.74, 6) is -2.36. The zero-order chi connectivity index (χ0) is 35.0. The number of phenolic OH excluding ortho intramolecular Hbond substituents is 1. The van der Waals surface area contributed by atoms with Gasteiger partial charge in [0.15, 0.2) is 18.1 Å². The molecular formula is C35H44N2O11. The highest BCUT2D eigenvalue weighted by molar-refractivity contribution is 5.92. The van der Waals surface area contributed by atoms with Gasteiger partial charge in [-0.05, 0) is 85.8 Å². The molecule has 3 N–H and O–H groups in total. The largest absolute Gasteiger partial charge is 0.502 e. The average molecular weight is 669 g/mol. The van der Waals surface area contributed by atoms with Gasteiger partial charge >= 0.3 is 17.6 Å². The van der Waals surface area contributed by atoms with Crippen molar-refractivity contribution >= 4 is 35.1 Å². The number of aliphatic hydroxyl groups is 1. The van der Waals surface area contributed by atoms with Crippen LogP contribution in [-0.4, -0.2) is 69.9 Å². The zero-order valence-corrected chi connectivity index (χ0v) is 27.6. The number of aromatic hydroxyl groups is 1. The van der Waals surface area contributed by atoms with Crippen molar-refractivity contribution in [1.29, 1.82) is 0 Å². The van der Waals surface area contributed by atoms with Crippen molar-refractivity contribution in [3.8, 4) is 5.75 Å². The predicted molar refractivity (Wildman–Crippen MR) is 169 cm³/mol. The Bertz CT molecular complexity index is 1550. The summed E-state index contributed by atoms with van der Waals surface area (Å²) in [5, 5.41) is 35.1. The van der Waals surface area contributed by atoms with Crippen LogP contribution in [0.2, 0.25) is 0 Å². The van der Waals surface area contributed by atoms with Gasteiger partial charge in [-0.25, -0.2) is 4.79 Å². The number of hydrogen-bond donors (Lipinski definition) is 3. The number of rotatable bonds is 11. The molecule has 3 fully saturated rings. The predicted octanol–water partition coefficient (Wildman–Crippen LogP) is 3.66. The SMILES string of the molecule is COC(=O)[C@H](Cc1ccc(O)c([N+](=O)[O-])c1)NC(=O)CCC(=O)OCC(=O)[C@]1(O)CC[C@@H]2[C@H]3CCC4=CC(=O)CC[C@]4(C)[C@@H]3CC[C@@]21C. The molecule has 3 saturated carbocycles. The molecule has 13 heteroatoms. The van der Waals surface area contributed by atoms with E-state index in [1.165, 1.54) is 11.6 Å². The minimum atomic E-state index is -1.64. The Morgan fingerprint density at radius 3 is 2.50 bits per heavy atom. The van der Waals surface area contributed by atoms with Crippen molar-refractivity contribution < 1.29 is 48.6 Å². The minimum absolute atomic E-state index is 0.0339. The van der Waals surface area contributed by atoms with E-state index in [1.807, 2.05) is 13.0 Å². The highest BCUT2D eigenvalue weighted by Crippen LogP contribution is 2.67. The lowest BCUT2D eigenvalue weighted by molar-refractivity contribution is -0.385. The van der Waals surface area contributed by atoms with Gasteiger partial charge in [-0.2, -0.15) is 0 Å². The molecule has 7 atom stereocenters. The Balaban J connectivity index is 1.14. The number of amides is 1. The Morgan fingerprint density at radius 2 is 1.79 bits per heavy atom. The number of ether oxygens (including phenoxy) is 2. The summed E-state index contributed by atoms with van der Waals surface area (Å²) in [6.45, 7) is 3.64. The number of nitrogens with zero attached hydrogens (tertiary/aromatic N) is 1. The maximum Gasteiger partial charge on any atom is 0.328 e. The molecule has 1 aromatic rings. The van der Waals surface area contributed by atoms with E-state index in [0.29, 0.717) is 31.1 Å². The molecule has 0 radical (unpaired) electrons. The van der Waals surface area contributed by atoms with Crippen molar-refractivity contribution in [1.82, 2.24) is 5.32 Å². The van der Waals surface area contributed by atoms with Crippen LogP contribution in [0, 0.1) is 38.7 Å². The molecule has 0 aromatic heterocycles. The summed E-state index contributed by atoms with van der Waals surface area (Å²) < 4.78 is 9.97. The van der Waals surface area contributed by atoms with Gasteiger partial charge in [0.1, 0.15) is 11.6 Å². The van der Waals surface area contributed by atoms with Gasteiger partial charge in [-0.15, -0.1) is 0 Å². The van der Waals surface area contributed by atoms with Crippen LogP contribution in [0.4, 0.5) is 5.69 Å². The third-order valence-corrected chi connectivity index (χ3v) is 12.0. The molecule has 0 unspecified atom stereocenters. The number of allylic oxidation sites excluding steroid dienone is 1. The molecule has 13 nitrogen and oxygen atoms in total. The van der Waals surface area contributed by atoms with Gasteiger partial charge in [0, 0.05) is 30.7 Å². The number of carbonyl (C=O) groups excluding carboxylic acids is 5. The fourth-order valence-electron chi connectivity index (χ4n) is 9.27. The third kappa shape index (κ3) is 6.36. The van der Waals surface area contributed by atoms with Crippen molar-refractivity contribution in [3.63, 3.8) is 0 Å². The molecule has 0 spiro atoms. The average Bonchev–Trinajstić information content (AvgIpc) is 3.34. The quantitative estimate of drug-likeness (QED) is 0.177. The summed E-state index contributed by atoms with van der Waals surface area (Å²) in [7, 11) is 1.12. The number of nitro groups is 1. The second kappa shape index (κ2) is 13.4. The lowest BCUT2D eigenvalue weighted by Crippen LogP contribution is -2.58. The molecule has 4 aliphatic carbocycles. The van der Waals surface area contributed by atoms with Crippen LogP contribution in [0.1, 0.15) is 83.6 Å². The summed E-state index contributed by atoms with van der Waals surface area (Å²) >= 11 is 0. The van der Waals surface area contributed by atoms with Crippen LogP contribution in [0.3, 0.4) is 0 Å². The van der Waals surface area contributed by atoms with E-state index in [1.54, 1.807) is 0 Å². The van der Waals surface area contributed by atoms with Gasteiger partial charge in [0.25, 0.3) is 0 Å². The normalized spacial score (nSPS) is 31.3. The van der Waals surface area contributed by atoms with Crippen molar-refractivity contribution in [2.24, 2.45) is 28.6 Å². The topological polar surface area (TPSA) is 199 Å². The molecule has 1 amide bonds. The lowest BCUT2D eigenvalue weighted by atomic mass is 9.46. The Kier molecular flexibility index (Phi) is 9.83. The molecule has 1 aromatic carbocycles. The number of nitro benzene ring substituents is 1. The van der Waals surface area contributed by atoms with E-state index >= 15 is 0 Å². The second-order valence-corrected chi connectivity index (χ2v) is 14.3. The Hall–Kier alpha value is -4.13. The van der Waals surface area contributed by atoms with Crippen molar-refractivity contribution in [2.45, 2.75) is 96.1 Å². The van der Waals surface area contributed by atoms with Gasteiger partial charge in [0.2, 0.25) is 11.7 Å². The van der Waals surface area contributed by atoms with Crippen LogP contribution in [0.25, 0.3) is 0 Å². The molecular weight excluding hydrogens is 624 g/mol. The van der Waals surface area contributed by atoms with Gasteiger partial charge in [-0.1, -0.05) is 25.5 Å². The van der Waals surface area contributed by atoms with Crippen molar-refractivity contribution in [2.75, 3.05) is 13.7 Å². The highest BCUT2D eigenvalue weighted by atomic mass is 16.6. The number of methoxy groups -OCH3 is 1. The number of hydrogen-bond acceptors (Lipinski definition) is 11. The molecule has 260 valence electrons. The summed E-state index contributed by atoms with van der Waals surface area (Å²) in [6, 6.07) is 2.34. The fourth-order valence-corrected chi connectivity index (χ4v) is 9.27. The van der Waals surface area contributed by atoms with E-state index < -0.39 is 70.1 Å². The van der Waals surface area contributed by atoms with E-state index in [-0.39, 0.29) is 41.9 Å². The van der Waals surface area contributed by atoms with E-state index in [4.69, 9.17) is 9.47 Å². The molecule has 48 heavy (non-hydrogen) atoms. The van der Waals surface area contributed by atoms with E-state index in [0.717, 1.165) is 44.9 Å². The number of esters is 2. The fraction of sp³-hybridized carbons (Fsp3) is 0.629. The first-order valence-electron chi connectivity index (χ1n) is 16.6. The molecule has 5 rings (SSSR count). The first kappa shape index (κ1) is 35.2. The maximum atomic E-state index is 13.5. The number of Topliss-reactive ketones (excluding diaryl/α,β-unsaturated/α-hetero) is 1. The van der Waals surface area contributed by atoms with Crippen LogP contribution in [0.15, 0.2) is 29.8 Å². The first-order valence-corrected chi connectivity index (χ1v) is 16.6. The number of carbonyl (C=O) groups is 5. The smallest absolute Gasteiger partial charge is 0.328 e. The number of benzene rings is 1. The van der Waals surface area contributed by atoms with Crippen molar-refractivity contribution in [3.05, 3.63) is 45.5 Å². The second-order valence-electron chi connectivity index (χ2n) is 14.3. The molecule has 4 aliphatic rings. The minimum Gasteiger partial charge on any atom is -0.502 e. The molecule has 0 bridgehead atoms. The lowest BCUT2D eigenvalue weighted by Gasteiger charge is -2.58. The summed E-state index contributed by atoms with van der Waals surface area (Å²) in [4.78, 5) is 73.5. The molecule has 0 aliphatic heterocycles. The number of fused-ring (bicyclic) bond motifs is 5. The van der Waals surface area contributed by atoms with Crippen LogP contribution < -0.4 is 5.32 Å². The van der Waals surface area contributed by atoms with Gasteiger partial charge < -0.3 is 25.0 Å². The maximum absolute atomic E-state index is 13.5. The van der Waals surface area contributed by atoms with Gasteiger partial charge in [-0.3, -0.25) is 29.3 Å². The number of ketones is 2. The zero-order valence-electron chi connectivity index (χ0n) is 27.6. The Morgan fingerprint density at radius 1 is 1.06 bits per heavy atom. The molecule has 0 heterocycles. The Labute approximate surface area is 278 Å². The number of nitrogens with one attached hydrogen (secondary N) is 1. The van der Waals surface area contributed by atoms with Crippen LogP contribution in [0.5, 0.6) is 5.75 Å². The van der Waals surface area contributed by atoms with E-state index in [2.05, 4.69) is 12.2 Å². The molecule has 0 saturated heterocycles. The van der Waals surface area contributed by atoms with E-state index in [9.17, 15) is 44.3 Å². The monoisotopic (exact) mass is 668 g/mol.